The third-order valence-corrected chi connectivity index (χ3v) is 3.94. The Balaban J connectivity index is 1.50. The van der Waals surface area contributed by atoms with Gasteiger partial charge in [0.2, 0.25) is 5.91 Å². The quantitative estimate of drug-likeness (QED) is 0.846. The van der Waals surface area contributed by atoms with E-state index >= 15 is 0 Å². The molecule has 2 N–H and O–H groups in total. The van der Waals surface area contributed by atoms with Crippen LogP contribution in [0, 0.1) is 0 Å². The molecule has 0 bridgehead atoms. The van der Waals surface area contributed by atoms with Crippen molar-refractivity contribution in [3.8, 4) is 11.5 Å². The molecule has 0 aromatic heterocycles. The standard InChI is InChI=1S/C19H20N2O4/c1-24-15-4-2-3-13(9-15)6-8-18(22)20-11-14-5-7-16-17(10-14)25-12-19(23)21-16/h2-5,7,9-10H,6,8,11-12H2,1H3,(H,20,22)(H,21,23). The number of carbonyl (C=O) groups is 2. The third kappa shape index (κ3) is 4.50. The van der Waals surface area contributed by atoms with Crippen molar-refractivity contribution in [1.82, 2.24) is 5.32 Å². The summed E-state index contributed by atoms with van der Waals surface area (Å²) in [7, 11) is 1.62. The topological polar surface area (TPSA) is 76.7 Å². The molecule has 25 heavy (non-hydrogen) atoms. The van der Waals surface area contributed by atoms with Crippen molar-refractivity contribution in [1.29, 1.82) is 0 Å². The summed E-state index contributed by atoms with van der Waals surface area (Å²) < 4.78 is 10.6. The molecule has 3 rings (SSSR count). The summed E-state index contributed by atoms with van der Waals surface area (Å²) >= 11 is 0. The lowest BCUT2D eigenvalue weighted by molar-refractivity contribution is -0.121. The molecular weight excluding hydrogens is 320 g/mol. The zero-order valence-electron chi connectivity index (χ0n) is 14.0. The van der Waals surface area contributed by atoms with E-state index < -0.39 is 0 Å². The molecule has 0 saturated heterocycles. The highest BCUT2D eigenvalue weighted by molar-refractivity contribution is 5.95. The highest BCUT2D eigenvalue weighted by atomic mass is 16.5. The van der Waals surface area contributed by atoms with Gasteiger partial charge in [0.1, 0.15) is 11.5 Å². The van der Waals surface area contributed by atoms with Crippen molar-refractivity contribution in [2.75, 3.05) is 19.0 Å². The van der Waals surface area contributed by atoms with Gasteiger partial charge in [-0.15, -0.1) is 0 Å². The van der Waals surface area contributed by atoms with Crippen LogP contribution in [0.2, 0.25) is 0 Å². The molecule has 0 radical (unpaired) electrons. The molecule has 0 atom stereocenters. The number of hydrogen-bond acceptors (Lipinski definition) is 4. The van der Waals surface area contributed by atoms with Crippen LogP contribution in [0.25, 0.3) is 0 Å². The number of aryl methyl sites for hydroxylation is 1. The number of ether oxygens (including phenoxy) is 2. The average molecular weight is 340 g/mol. The van der Waals surface area contributed by atoms with E-state index in [1.165, 1.54) is 0 Å². The van der Waals surface area contributed by atoms with Gasteiger partial charge in [-0.2, -0.15) is 0 Å². The van der Waals surface area contributed by atoms with E-state index in [0.29, 0.717) is 30.8 Å². The number of fused-ring (bicyclic) bond motifs is 1. The molecule has 130 valence electrons. The Hall–Kier alpha value is -3.02. The van der Waals surface area contributed by atoms with E-state index in [1.807, 2.05) is 36.4 Å². The maximum Gasteiger partial charge on any atom is 0.262 e. The molecular formula is C19H20N2O4. The van der Waals surface area contributed by atoms with E-state index in [1.54, 1.807) is 13.2 Å². The van der Waals surface area contributed by atoms with Gasteiger partial charge in [0.05, 0.1) is 12.8 Å². The molecule has 0 unspecified atom stereocenters. The van der Waals surface area contributed by atoms with E-state index in [2.05, 4.69) is 10.6 Å². The molecule has 0 fully saturated rings. The average Bonchev–Trinajstić information content (AvgIpc) is 2.64. The number of carbonyl (C=O) groups excluding carboxylic acids is 2. The summed E-state index contributed by atoms with van der Waals surface area (Å²) in [5.74, 6) is 1.24. The highest BCUT2D eigenvalue weighted by Crippen LogP contribution is 2.28. The fraction of sp³-hybridized carbons (Fsp3) is 0.263. The Labute approximate surface area is 146 Å². The molecule has 2 aromatic rings. The molecule has 2 aromatic carbocycles. The van der Waals surface area contributed by atoms with Gasteiger partial charge in [0.15, 0.2) is 6.61 Å². The number of amides is 2. The van der Waals surface area contributed by atoms with Gasteiger partial charge in [-0.25, -0.2) is 0 Å². The van der Waals surface area contributed by atoms with Gasteiger partial charge >= 0.3 is 0 Å². The number of methoxy groups -OCH3 is 1. The first-order valence-electron chi connectivity index (χ1n) is 8.09. The molecule has 0 saturated carbocycles. The second-order valence-corrected chi connectivity index (χ2v) is 5.80. The molecule has 1 aliphatic heterocycles. The van der Waals surface area contributed by atoms with E-state index in [4.69, 9.17) is 9.47 Å². The van der Waals surface area contributed by atoms with Gasteiger partial charge in [-0.3, -0.25) is 9.59 Å². The summed E-state index contributed by atoms with van der Waals surface area (Å²) in [6.45, 7) is 0.435. The lowest BCUT2D eigenvalue weighted by Gasteiger charge is -2.18. The molecule has 1 heterocycles. The summed E-state index contributed by atoms with van der Waals surface area (Å²) in [5, 5.41) is 5.64. The number of rotatable bonds is 6. The van der Waals surface area contributed by atoms with Crippen molar-refractivity contribution in [2.24, 2.45) is 0 Å². The van der Waals surface area contributed by atoms with Crippen LogP contribution in [-0.4, -0.2) is 25.5 Å². The SMILES string of the molecule is COc1cccc(CCC(=O)NCc2ccc3c(c2)OCC(=O)N3)c1. The highest BCUT2D eigenvalue weighted by Gasteiger charge is 2.15. The van der Waals surface area contributed by atoms with Gasteiger partial charge in [0, 0.05) is 13.0 Å². The Kier molecular flexibility index (Phi) is 5.18. The number of nitrogens with one attached hydrogen (secondary N) is 2. The molecule has 6 nitrogen and oxygen atoms in total. The van der Waals surface area contributed by atoms with Gasteiger partial charge in [-0.1, -0.05) is 18.2 Å². The molecule has 0 aliphatic carbocycles. The first-order valence-corrected chi connectivity index (χ1v) is 8.09. The second-order valence-electron chi connectivity index (χ2n) is 5.80. The molecule has 2 amide bonds. The zero-order chi connectivity index (χ0) is 17.6. The maximum atomic E-state index is 12.0. The number of anilines is 1. The van der Waals surface area contributed by atoms with Gasteiger partial charge in [-0.05, 0) is 41.8 Å². The summed E-state index contributed by atoms with van der Waals surface area (Å²) in [5.41, 5.74) is 2.64. The Bertz CT molecular complexity index is 789. The van der Waals surface area contributed by atoms with Crippen LogP contribution in [0.4, 0.5) is 5.69 Å². The molecule has 1 aliphatic rings. The predicted octanol–water partition coefficient (Wildman–Crippen LogP) is 2.28. The minimum atomic E-state index is -0.161. The monoisotopic (exact) mass is 340 g/mol. The summed E-state index contributed by atoms with van der Waals surface area (Å²) in [4.78, 5) is 23.3. The fourth-order valence-corrected chi connectivity index (χ4v) is 2.60. The third-order valence-electron chi connectivity index (χ3n) is 3.94. The lowest BCUT2D eigenvalue weighted by atomic mass is 10.1. The van der Waals surface area contributed by atoms with Crippen LogP contribution in [0.5, 0.6) is 11.5 Å². The van der Waals surface area contributed by atoms with Crippen molar-refractivity contribution in [3.63, 3.8) is 0 Å². The zero-order valence-corrected chi connectivity index (χ0v) is 14.0. The van der Waals surface area contributed by atoms with Crippen molar-refractivity contribution in [2.45, 2.75) is 19.4 Å². The summed E-state index contributed by atoms with van der Waals surface area (Å²) in [6, 6.07) is 13.2. The Morgan fingerprint density at radius 3 is 2.96 bits per heavy atom. The lowest BCUT2D eigenvalue weighted by Crippen LogP contribution is -2.26. The van der Waals surface area contributed by atoms with Crippen LogP contribution in [-0.2, 0) is 22.6 Å². The van der Waals surface area contributed by atoms with Crippen LogP contribution >= 0.6 is 0 Å². The molecule has 6 heteroatoms. The second kappa shape index (κ2) is 7.70. The first-order chi connectivity index (χ1) is 12.1. The van der Waals surface area contributed by atoms with Gasteiger partial charge < -0.3 is 20.1 Å². The van der Waals surface area contributed by atoms with Crippen molar-refractivity contribution >= 4 is 17.5 Å². The number of hydrogen-bond donors (Lipinski definition) is 2. The van der Waals surface area contributed by atoms with Crippen LogP contribution in [0.15, 0.2) is 42.5 Å². The number of benzene rings is 2. The first kappa shape index (κ1) is 16.8. The minimum absolute atomic E-state index is 0.0172. The van der Waals surface area contributed by atoms with Crippen LogP contribution in [0.1, 0.15) is 17.5 Å². The fourth-order valence-electron chi connectivity index (χ4n) is 2.60. The van der Waals surface area contributed by atoms with E-state index in [-0.39, 0.29) is 18.4 Å². The van der Waals surface area contributed by atoms with Crippen LogP contribution in [0.3, 0.4) is 0 Å². The minimum Gasteiger partial charge on any atom is -0.497 e. The van der Waals surface area contributed by atoms with E-state index in [0.717, 1.165) is 16.9 Å². The largest absolute Gasteiger partial charge is 0.497 e. The Morgan fingerprint density at radius 2 is 2.12 bits per heavy atom. The predicted molar refractivity (Wildman–Crippen MR) is 93.7 cm³/mol. The smallest absolute Gasteiger partial charge is 0.262 e. The summed E-state index contributed by atoms with van der Waals surface area (Å²) in [6.07, 6.45) is 1.06. The van der Waals surface area contributed by atoms with Crippen molar-refractivity contribution < 1.29 is 19.1 Å². The molecule has 0 spiro atoms. The normalized spacial score (nSPS) is 12.6. The van der Waals surface area contributed by atoms with Crippen molar-refractivity contribution in [3.05, 3.63) is 53.6 Å². The van der Waals surface area contributed by atoms with E-state index in [9.17, 15) is 9.59 Å². The maximum absolute atomic E-state index is 12.0. The Morgan fingerprint density at radius 1 is 1.24 bits per heavy atom. The van der Waals surface area contributed by atoms with Gasteiger partial charge in [0.25, 0.3) is 5.91 Å². The van der Waals surface area contributed by atoms with Crippen LogP contribution < -0.4 is 20.1 Å².